The minimum absolute atomic E-state index is 0.0255. The lowest BCUT2D eigenvalue weighted by atomic mass is 10.00. The van der Waals surface area contributed by atoms with Crippen molar-refractivity contribution < 1.29 is 18.7 Å². The number of ketones is 1. The molecule has 0 unspecified atom stereocenters. The molecule has 1 aliphatic rings. The predicted octanol–water partition coefficient (Wildman–Crippen LogP) is 3.61. The van der Waals surface area contributed by atoms with E-state index >= 15 is 0 Å². The topological polar surface area (TPSA) is 56.5 Å². The molecule has 1 fully saturated rings. The van der Waals surface area contributed by atoms with Crippen molar-refractivity contribution in [2.75, 3.05) is 6.61 Å². The Morgan fingerprint density at radius 2 is 1.95 bits per heavy atom. The van der Waals surface area contributed by atoms with E-state index in [1.807, 2.05) is 0 Å². The van der Waals surface area contributed by atoms with Crippen LogP contribution in [-0.2, 0) is 4.74 Å². The Morgan fingerprint density at radius 1 is 1.26 bits per heavy atom. The molecule has 1 saturated carbocycles. The maximum absolute atomic E-state index is 11.9. The maximum atomic E-state index is 11.9. The molecule has 0 saturated heterocycles. The number of furan rings is 1. The summed E-state index contributed by atoms with van der Waals surface area (Å²) in [7, 11) is 0. The fraction of sp³-hybridized carbons (Fsp3) is 0.600. The summed E-state index contributed by atoms with van der Waals surface area (Å²) in [5.41, 5.74) is 0. The van der Waals surface area contributed by atoms with Gasteiger partial charge in [0, 0.05) is 6.42 Å². The minimum atomic E-state index is -0.516. The number of carbonyl (C=O) groups excluding carboxylic acids is 2. The first-order valence-electron chi connectivity index (χ1n) is 7.01. The zero-order valence-corrected chi connectivity index (χ0v) is 11.3. The summed E-state index contributed by atoms with van der Waals surface area (Å²) in [6, 6.07) is 3.06. The van der Waals surface area contributed by atoms with Gasteiger partial charge < -0.3 is 9.15 Å². The Kier molecular flexibility index (Phi) is 4.77. The van der Waals surface area contributed by atoms with Crippen molar-refractivity contribution in [2.45, 2.75) is 45.4 Å². The van der Waals surface area contributed by atoms with Gasteiger partial charge in [0.25, 0.3) is 0 Å². The van der Waals surface area contributed by atoms with Gasteiger partial charge in [-0.3, -0.25) is 4.79 Å². The molecule has 19 heavy (non-hydrogen) atoms. The second kappa shape index (κ2) is 6.55. The molecular weight excluding hydrogens is 244 g/mol. The molecule has 0 aliphatic heterocycles. The van der Waals surface area contributed by atoms with Crippen LogP contribution >= 0.6 is 0 Å². The molecule has 1 aliphatic carbocycles. The molecule has 0 amide bonds. The van der Waals surface area contributed by atoms with E-state index in [1.54, 1.807) is 13.0 Å². The summed E-state index contributed by atoms with van der Waals surface area (Å²) >= 11 is 0. The number of Topliss-reactive ketones (excluding diaryl/α,β-unsaturated/α-hetero) is 1. The van der Waals surface area contributed by atoms with Crippen LogP contribution in [0.4, 0.5) is 0 Å². The molecule has 0 bridgehead atoms. The molecule has 104 valence electrons. The molecule has 0 N–H and O–H groups in total. The number of carbonyl (C=O) groups is 2. The average molecular weight is 264 g/mol. The van der Waals surface area contributed by atoms with E-state index in [-0.39, 0.29) is 17.3 Å². The van der Waals surface area contributed by atoms with Crippen molar-refractivity contribution in [3.63, 3.8) is 0 Å². The van der Waals surface area contributed by atoms with Crippen LogP contribution in [0.25, 0.3) is 0 Å². The zero-order chi connectivity index (χ0) is 13.7. The summed E-state index contributed by atoms with van der Waals surface area (Å²) < 4.78 is 10.1. The van der Waals surface area contributed by atoms with Gasteiger partial charge in [0.15, 0.2) is 11.5 Å². The molecule has 4 nitrogen and oxygen atoms in total. The lowest BCUT2D eigenvalue weighted by Gasteiger charge is -2.06. The molecule has 4 heteroatoms. The van der Waals surface area contributed by atoms with Crippen molar-refractivity contribution in [2.24, 2.45) is 5.92 Å². The Bertz CT molecular complexity index is 441. The van der Waals surface area contributed by atoms with Crippen LogP contribution < -0.4 is 0 Å². The molecule has 0 spiro atoms. The first-order valence-corrected chi connectivity index (χ1v) is 7.01. The fourth-order valence-electron chi connectivity index (χ4n) is 2.56. The summed E-state index contributed by atoms with van der Waals surface area (Å²) in [6.45, 7) is 2.03. The standard InChI is InChI=1S/C15H20O4/c1-2-18-15(17)14-10-9-13(19-14)12(16)8-7-11-5-3-4-6-11/h9-11H,2-8H2,1H3. The maximum Gasteiger partial charge on any atom is 0.374 e. The van der Waals surface area contributed by atoms with Crippen molar-refractivity contribution in [3.8, 4) is 0 Å². The van der Waals surface area contributed by atoms with Crippen LogP contribution in [0.5, 0.6) is 0 Å². The summed E-state index contributed by atoms with van der Waals surface area (Å²) in [5, 5.41) is 0. The number of esters is 1. The Morgan fingerprint density at radius 3 is 2.63 bits per heavy atom. The zero-order valence-electron chi connectivity index (χ0n) is 11.3. The molecule has 2 rings (SSSR count). The highest BCUT2D eigenvalue weighted by atomic mass is 16.5. The van der Waals surface area contributed by atoms with Gasteiger partial charge in [0.05, 0.1) is 6.61 Å². The molecule has 1 aromatic heterocycles. The van der Waals surface area contributed by atoms with E-state index in [1.165, 1.54) is 31.7 Å². The van der Waals surface area contributed by atoms with E-state index in [0.29, 0.717) is 18.9 Å². The monoisotopic (exact) mass is 264 g/mol. The fourth-order valence-corrected chi connectivity index (χ4v) is 2.56. The van der Waals surface area contributed by atoms with Gasteiger partial charge in [0.2, 0.25) is 5.76 Å². The van der Waals surface area contributed by atoms with Crippen molar-refractivity contribution >= 4 is 11.8 Å². The van der Waals surface area contributed by atoms with Crippen LogP contribution in [0.15, 0.2) is 16.5 Å². The number of hydrogen-bond donors (Lipinski definition) is 0. The van der Waals surface area contributed by atoms with Gasteiger partial charge in [-0.15, -0.1) is 0 Å². The molecule has 0 atom stereocenters. The van der Waals surface area contributed by atoms with Crippen molar-refractivity contribution in [3.05, 3.63) is 23.7 Å². The van der Waals surface area contributed by atoms with Crippen LogP contribution in [0.3, 0.4) is 0 Å². The minimum Gasteiger partial charge on any atom is -0.460 e. The lowest BCUT2D eigenvalue weighted by molar-refractivity contribution is 0.0488. The van der Waals surface area contributed by atoms with E-state index in [0.717, 1.165) is 6.42 Å². The quantitative estimate of drug-likeness (QED) is 0.581. The lowest BCUT2D eigenvalue weighted by Crippen LogP contribution is -2.04. The number of ether oxygens (including phenoxy) is 1. The molecule has 0 aromatic carbocycles. The average Bonchev–Trinajstić information content (AvgIpc) is 3.07. The van der Waals surface area contributed by atoms with Gasteiger partial charge in [-0.2, -0.15) is 0 Å². The van der Waals surface area contributed by atoms with Gasteiger partial charge in [-0.1, -0.05) is 25.7 Å². The van der Waals surface area contributed by atoms with Gasteiger partial charge in [0.1, 0.15) is 0 Å². The number of rotatable bonds is 6. The van der Waals surface area contributed by atoms with Crippen LogP contribution in [0.2, 0.25) is 0 Å². The van der Waals surface area contributed by atoms with Crippen LogP contribution in [0, 0.1) is 5.92 Å². The van der Waals surface area contributed by atoms with E-state index < -0.39 is 5.97 Å². The molecule has 1 heterocycles. The highest BCUT2D eigenvalue weighted by Gasteiger charge is 2.19. The normalized spacial score (nSPS) is 15.6. The number of hydrogen-bond acceptors (Lipinski definition) is 4. The van der Waals surface area contributed by atoms with E-state index in [9.17, 15) is 9.59 Å². The molecule has 0 radical (unpaired) electrons. The second-order valence-corrected chi connectivity index (χ2v) is 5.00. The van der Waals surface area contributed by atoms with Crippen molar-refractivity contribution in [1.29, 1.82) is 0 Å². The van der Waals surface area contributed by atoms with Crippen LogP contribution in [-0.4, -0.2) is 18.4 Å². The third kappa shape index (κ3) is 3.69. The van der Waals surface area contributed by atoms with Gasteiger partial charge in [-0.05, 0) is 31.4 Å². The molecule has 1 aromatic rings. The van der Waals surface area contributed by atoms with Gasteiger partial charge >= 0.3 is 5.97 Å². The second-order valence-electron chi connectivity index (χ2n) is 5.00. The summed E-state index contributed by atoms with van der Waals surface area (Å²) in [6.07, 6.45) is 6.47. The third-order valence-electron chi connectivity index (χ3n) is 3.61. The Balaban J connectivity index is 1.86. The van der Waals surface area contributed by atoms with E-state index in [2.05, 4.69) is 0 Å². The predicted molar refractivity (Wildman–Crippen MR) is 70.2 cm³/mol. The highest BCUT2D eigenvalue weighted by molar-refractivity contribution is 5.95. The smallest absolute Gasteiger partial charge is 0.374 e. The summed E-state index contributed by atoms with van der Waals surface area (Å²) in [4.78, 5) is 23.4. The first-order chi connectivity index (χ1) is 9.20. The molecular formula is C15H20O4. The highest BCUT2D eigenvalue weighted by Crippen LogP contribution is 2.29. The van der Waals surface area contributed by atoms with Crippen LogP contribution in [0.1, 0.15) is 66.6 Å². The third-order valence-corrected chi connectivity index (χ3v) is 3.61. The Hall–Kier alpha value is -1.58. The first kappa shape index (κ1) is 13.8. The summed E-state index contributed by atoms with van der Waals surface area (Å²) in [5.74, 6) is 0.510. The van der Waals surface area contributed by atoms with E-state index in [4.69, 9.17) is 9.15 Å². The largest absolute Gasteiger partial charge is 0.460 e. The Labute approximate surface area is 113 Å². The van der Waals surface area contributed by atoms with Crippen molar-refractivity contribution in [1.82, 2.24) is 0 Å². The van der Waals surface area contributed by atoms with Gasteiger partial charge in [-0.25, -0.2) is 4.79 Å². The SMILES string of the molecule is CCOC(=O)c1ccc(C(=O)CCC2CCCC2)o1.